The Kier molecular flexibility index (Phi) is 4.43. The highest BCUT2D eigenvalue weighted by Gasteiger charge is 2.24. The van der Waals surface area contributed by atoms with Crippen molar-refractivity contribution in [3.05, 3.63) is 29.8 Å². The first kappa shape index (κ1) is 13.9. The number of urea groups is 1. The minimum Gasteiger partial charge on any atom is -0.389 e. The molecule has 0 radical (unpaired) electrons. The van der Waals surface area contributed by atoms with Crippen LogP contribution in [0.15, 0.2) is 24.3 Å². The molecule has 4 heteroatoms. The lowest BCUT2D eigenvalue weighted by atomic mass is 10.1. The summed E-state index contributed by atoms with van der Waals surface area (Å²) in [4.78, 5) is 14.0. The molecular formula is C15H22N2O2. The molecule has 0 spiro atoms. The summed E-state index contributed by atoms with van der Waals surface area (Å²) >= 11 is 0. The van der Waals surface area contributed by atoms with Crippen LogP contribution in [0, 0.1) is 5.92 Å². The summed E-state index contributed by atoms with van der Waals surface area (Å²) in [7, 11) is 0. The predicted octanol–water partition coefficient (Wildman–Crippen LogP) is 3.00. The Hall–Kier alpha value is -1.55. The number of aliphatic hydroxyl groups is 1. The molecule has 2 amide bonds. The molecule has 1 saturated heterocycles. The van der Waals surface area contributed by atoms with Gasteiger partial charge in [0.1, 0.15) is 0 Å². The summed E-state index contributed by atoms with van der Waals surface area (Å²) < 4.78 is 0. The second-order valence-corrected chi connectivity index (χ2v) is 5.24. The summed E-state index contributed by atoms with van der Waals surface area (Å²) in [5.41, 5.74) is 1.55. The zero-order valence-electron chi connectivity index (χ0n) is 11.6. The summed E-state index contributed by atoms with van der Waals surface area (Å²) in [6.45, 7) is 5.56. The van der Waals surface area contributed by atoms with Gasteiger partial charge in [0.05, 0.1) is 6.10 Å². The van der Waals surface area contributed by atoms with Crippen molar-refractivity contribution in [2.75, 3.05) is 18.4 Å². The standard InChI is InChI=1S/C15H22N2O2/c1-3-12-7-8-17(10-12)15(19)16-14-6-4-5-13(9-14)11(2)18/h4-6,9,11-12,18H,3,7-8,10H2,1-2H3,(H,16,19). The van der Waals surface area contributed by atoms with E-state index in [0.717, 1.165) is 37.2 Å². The number of benzene rings is 1. The zero-order valence-corrected chi connectivity index (χ0v) is 11.6. The minimum atomic E-state index is -0.520. The average Bonchev–Trinajstić information content (AvgIpc) is 2.88. The Labute approximate surface area is 114 Å². The van der Waals surface area contributed by atoms with Gasteiger partial charge in [0.25, 0.3) is 0 Å². The first-order valence-corrected chi connectivity index (χ1v) is 6.94. The van der Waals surface area contributed by atoms with Crippen molar-refractivity contribution < 1.29 is 9.90 Å². The molecule has 2 atom stereocenters. The van der Waals surface area contributed by atoms with Crippen LogP contribution in [0.3, 0.4) is 0 Å². The normalized spacial score (nSPS) is 20.4. The van der Waals surface area contributed by atoms with Crippen LogP contribution in [0.25, 0.3) is 0 Å². The predicted molar refractivity (Wildman–Crippen MR) is 76.1 cm³/mol. The van der Waals surface area contributed by atoms with Crippen LogP contribution in [0.1, 0.15) is 38.4 Å². The maximum atomic E-state index is 12.1. The Balaban J connectivity index is 1.97. The van der Waals surface area contributed by atoms with Gasteiger partial charge in [-0.1, -0.05) is 25.5 Å². The molecular weight excluding hydrogens is 240 g/mol. The van der Waals surface area contributed by atoms with Crippen molar-refractivity contribution in [3.8, 4) is 0 Å². The van der Waals surface area contributed by atoms with E-state index >= 15 is 0 Å². The van der Waals surface area contributed by atoms with Crippen molar-refractivity contribution in [3.63, 3.8) is 0 Å². The Morgan fingerprint density at radius 1 is 1.58 bits per heavy atom. The second-order valence-electron chi connectivity index (χ2n) is 5.24. The van der Waals surface area contributed by atoms with Gasteiger partial charge in [-0.25, -0.2) is 4.79 Å². The van der Waals surface area contributed by atoms with E-state index in [-0.39, 0.29) is 6.03 Å². The van der Waals surface area contributed by atoms with Crippen molar-refractivity contribution in [1.29, 1.82) is 0 Å². The van der Waals surface area contributed by atoms with Crippen LogP contribution in [-0.2, 0) is 0 Å². The number of rotatable bonds is 3. The van der Waals surface area contributed by atoms with Gasteiger partial charge in [-0.05, 0) is 37.0 Å². The van der Waals surface area contributed by atoms with Gasteiger partial charge >= 0.3 is 6.03 Å². The van der Waals surface area contributed by atoms with Crippen molar-refractivity contribution in [1.82, 2.24) is 4.90 Å². The summed E-state index contributed by atoms with van der Waals surface area (Å²) in [6, 6.07) is 7.31. The van der Waals surface area contributed by atoms with Gasteiger partial charge in [-0.3, -0.25) is 0 Å². The number of amides is 2. The third-order valence-electron chi connectivity index (χ3n) is 3.77. The fraction of sp³-hybridized carbons (Fsp3) is 0.533. The third-order valence-corrected chi connectivity index (χ3v) is 3.77. The van der Waals surface area contributed by atoms with E-state index in [0.29, 0.717) is 5.92 Å². The lowest BCUT2D eigenvalue weighted by Gasteiger charge is -2.17. The maximum Gasteiger partial charge on any atom is 0.321 e. The number of carbonyl (C=O) groups excluding carboxylic acids is 1. The van der Waals surface area contributed by atoms with Gasteiger partial charge < -0.3 is 15.3 Å². The number of nitrogens with zero attached hydrogens (tertiary/aromatic N) is 1. The molecule has 2 unspecified atom stereocenters. The molecule has 0 bridgehead atoms. The molecule has 0 aromatic heterocycles. The number of carbonyl (C=O) groups is 1. The molecule has 1 fully saturated rings. The van der Waals surface area contributed by atoms with E-state index in [1.54, 1.807) is 6.92 Å². The minimum absolute atomic E-state index is 0.0429. The number of nitrogens with one attached hydrogen (secondary N) is 1. The summed E-state index contributed by atoms with van der Waals surface area (Å²) in [6.07, 6.45) is 1.70. The molecule has 0 saturated carbocycles. The molecule has 1 aliphatic rings. The quantitative estimate of drug-likeness (QED) is 0.879. The van der Waals surface area contributed by atoms with E-state index < -0.39 is 6.10 Å². The fourth-order valence-electron chi connectivity index (χ4n) is 2.43. The van der Waals surface area contributed by atoms with Crippen molar-refractivity contribution >= 4 is 11.7 Å². The molecule has 4 nitrogen and oxygen atoms in total. The smallest absolute Gasteiger partial charge is 0.321 e. The number of aliphatic hydroxyl groups excluding tert-OH is 1. The maximum absolute atomic E-state index is 12.1. The van der Waals surface area contributed by atoms with Crippen LogP contribution < -0.4 is 5.32 Å². The SMILES string of the molecule is CCC1CCN(C(=O)Nc2cccc(C(C)O)c2)C1. The number of hydrogen-bond donors (Lipinski definition) is 2. The highest BCUT2D eigenvalue weighted by molar-refractivity contribution is 5.89. The number of hydrogen-bond acceptors (Lipinski definition) is 2. The van der Waals surface area contributed by atoms with E-state index in [1.807, 2.05) is 29.2 Å². The van der Waals surface area contributed by atoms with Gasteiger partial charge in [0.2, 0.25) is 0 Å². The van der Waals surface area contributed by atoms with E-state index in [4.69, 9.17) is 0 Å². The summed E-state index contributed by atoms with van der Waals surface area (Å²) in [5.74, 6) is 0.634. The topological polar surface area (TPSA) is 52.6 Å². The van der Waals surface area contributed by atoms with Crippen LogP contribution >= 0.6 is 0 Å². The van der Waals surface area contributed by atoms with Crippen LogP contribution in [0.5, 0.6) is 0 Å². The highest BCUT2D eigenvalue weighted by Crippen LogP contribution is 2.21. The first-order valence-electron chi connectivity index (χ1n) is 6.94. The molecule has 2 rings (SSSR count). The lowest BCUT2D eigenvalue weighted by molar-refractivity contribution is 0.199. The molecule has 1 aromatic rings. The third kappa shape index (κ3) is 3.47. The zero-order chi connectivity index (χ0) is 13.8. The fourth-order valence-corrected chi connectivity index (χ4v) is 2.43. The van der Waals surface area contributed by atoms with Crippen molar-refractivity contribution in [2.24, 2.45) is 5.92 Å². The molecule has 0 aliphatic carbocycles. The molecule has 19 heavy (non-hydrogen) atoms. The molecule has 1 aromatic carbocycles. The van der Waals surface area contributed by atoms with Crippen LogP contribution in [0.4, 0.5) is 10.5 Å². The highest BCUT2D eigenvalue weighted by atomic mass is 16.3. The van der Waals surface area contributed by atoms with Crippen LogP contribution in [-0.4, -0.2) is 29.1 Å². The van der Waals surface area contributed by atoms with Gasteiger partial charge in [-0.2, -0.15) is 0 Å². The molecule has 104 valence electrons. The van der Waals surface area contributed by atoms with Gasteiger partial charge in [0, 0.05) is 18.8 Å². The van der Waals surface area contributed by atoms with E-state index in [1.165, 1.54) is 0 Å². The van der Waals surface area contributed by atoms with E-state index in [2.05, 4.69) is 12.2 Å². The van der Waals surface area contributed by atoms with Crippen LogP contribution in [0.2, 0.25) is 0 Å². The number of likely N-dealkylation sites (tertiary alicyclic amines) is 1. The monoisotopic (exact) mass is 262 g/mol. The number of anilines is 1. The lowest BCUT2D eigenvalue weighted by Crippen LogP contribution is -2.32. The van der Waals surface area contributed by atoms with Crippen molar-refractivity contribution in [2.45, 2.75) is 32.8 Å². The van der Waals surface area contributed by atoms with Gasteiger partial charge in [0.15, 0.2) is 0 Å². The largest absolute Gasteiger partial charge is 0.389 e. The Bertz CT molecular complexity index is 446. The molecule has 1 aliphatic heterocycles. The summed E-state index contributed by atoms with van der Waals surface area (Å²) in [5, 5.41) is 12.4. The first-order chi connectivity index (χ1) is 9.10. The Morgan fingerprint density at radius 2 is 2.37 bits per heavy atom. The molecule has 1 heterocycles. The average molecular weight is 262 g/mol. The van der Waals surface area contributed by atoms with Gasteiger partial charge in [-0.15, -0.1) is 0 Å². The molecule has 2 N–H and O–H groups in total. The van der Waals surface area contributed by atoms with E-state index in [9.17, 15) is 9.90 Å². The Morgan fingerprint density at radius 3 is 3.00 bits per heavy atom. The second kappa shape index (κ2) is 6.06.